The molecule has 0 bridgehead atoms. The SMILES string of the molecule is CC(=O)N1CCC[C@@H]1C(=O)Nc1ncc(Cc2ccc(Br)cc2)s1. The maximum absolute atomic E-state index is 12.4. The molecule has 1 aromatic heterocycles. The number of carbonyl (C=O) groups excluding carboxylic acids is 2. The average molecular weight is 408 g/mol. The number of aromatic nitrogens is 1. The molecule has 0 spiro atoms. The lowest BCUT2D eigenvalue weighted by Gasteiger charge is -2.21. The number of halogens is 1. The molecule has 7 heteroatoms. The minimum atomic E-state index is -0.374. The topological polar surface area (TPSA) is 62.3 Å². The fourth-order valence-corrected chi connectivity index (χ4v) is 3.97. The Kier molecular flexibility index (Phi) is 5.30. The third-order valence-corrected chi connectivity index (χ3v) is 5.48. The van der Waals surface area contributed by atoms with E-state index in [0.29, 0.717) is 18.1 Å². The van der Waals surface area contributed by atoms with E-state index < -0.39 is 0 Å². The highest BCUT2D eigenvalue weighted by Gasteiger charge is 2.32. The number of benzene rings is 1. The first-order chi connectivity index (χ1) is 11.5. The van der Waals surface area contributed by atoms with Crippen molar-refractivity contribution in [2.75, 3.05) is 11.9 Å². The van der Waals surface area contributed by atoms with Crippen LogP contribution in [0.2, 0.25) is 0 Å². The van der Waals surface area contributed by atoms with E-state index >= 15 is 0 Å². The summed E-state index contributed by atoms with van der Waals surface area (Å²) in [5.41, 5.74) is 1.19. The summed E-state index contributed by atoms with van der Waals surface area (Å²) in [5.74, 6) is -0.199. The Hall–Kier alpha value is -1.73. The molecule has 1 atom stereocenters. The van der Waals surface area contributed by atoms with Crippen molar-refractivity contribution < 1.29 is 9.59 Å². The van der Waals surface area contributed by atoms with E-state index in [2.05, 4.69) is 38.4 Å². The molecule has 2 amide bonds. The first-order valence-electron chi connectivity index (χ1n) is 7.80. The van der Waals surface area contributed by atoms with Gasteiger partial charge in [0.25, 0.3) is 0 Å². The predicted molar refractivity (Wildman–Crippen MR) is 98.1 cm³/mol. The minimum absolute atomic E-state index is 0.0530. The summed E-state index contributed by atoms with van der Waals surface area (Å²) in [6, 6.07) is 7.77. The molecule has 1 fully saturated rings. The Labute approximate surface area is 153 Å². The first-order valence-corrected chi connectivity index (χ1v) is 9.41. The van der Waals surface area contributed by atoms with E-state index in [9.17, 15) is 9.59 Å². The number of nitrogens with zero attached hydrogens (tertiary/aromatic N) is 2. The van der Waals surface area contributed by atoms with Crippen molar-refractivity contribution >= 4 is 44.2 Å². The normalized spacial score (nSPS) is 17.1. The van der Waals surface area contributed by atoms with Crippen LogP contribution < -0.4 is 5.32 Å². The molecular formula is C17H18BrN3O2S. The number of anilines is 1. The van der Waals surface area contributed by atoms with E-state index in [-0.39, 0.29) is 17.9 Å². The second kappa shape index (κ2) is 7.44. The van der Waals surface area contributed by atoms with Gasteiger partial charge in [0.15, 0.2) is 5.13 Å². The van der Waals surface area contributed by atoms with Crippen molar-refractivity contribution in [3.05, 3.63) is 45.4 Å². The summed E-state index contributed by atoms with van der Waals surface area (Å²) in [4.78, 5) is 31.0. The van der Waals surface area contributed by atoms with Crippen LogP contribution in [0.4, 0.5) is 5.13 Å². The second-order valence-corrected chi connectivity index (χ2v) is 7.83. The summed E-state index contributed by atoms with van der Waals surface area (Å²) in [7, 11) is 0. The van der Waals surface area contributed by atoms with Crippen LogP contribution in [0.1, 0.15) is 30.2 Å². The zero-order valence-corrected chi connectivity index (χ0v) is 15.7. The molecule has 2 heterocycles. The molecule has 5 nitrogen and oxygen atoms in total. The van der Waals surface area contributed by atoms with Crippen molar-refractivity contribution in [2.45, 2.75) is 32.2 Å². The number of carbonyl (C=O) groups is 2. The highest BCUT2D eigenvalue weighted by atomic mass is 79.9. The number of nitrogens with one attached hydrogen (secondary N) is 1. The van der Waals surface area contributed by atoms with Crippen molar-refractivity contribution in [3.63, 3.8) is 0 Å². The molecule has 1 N–H and O–H groups in total. The van der Waals surface area contributed by atoms with Gasteiger partial charge in [0.1, 0.15) is 6.04 Å². The number of hydrogen-bond acceptors (Lipinski definition) is 4. The van der Waals surface area contributed by atoms with Crippen molar-refractivity contribution in [1.82, 2.24) is 9.88 Å². The van der Waals surface area contributed by atoms with Crippen LogP contribution in [0.15, 0.2) is 34.9 Å². The third kappa shape index (κ3) is 4.02. The summed E-state index contributed by atoms with van der Waals surface area (Å²) in [6.07, 6.45) is 4.15. The summed E-state index contributed by atoms with van der Waals surface area (Å²) >= 11 is 4.89. The lowest BCUT2D eigenvalue weighted by atomic mass is 10.1. The number of amides is 2. The van der Waals surface area contributed by atoms with Crippen LogP contribution in [-0.2, 0) is 16.0 Å². The molecule has 24 heavy (non-hydrogen) atoms. The van der Waals surface area contributed by atoms with Crippen LogP contribution in [0, 0.1) is 0 Å². The Balaban J connectivity index is 1.62. The van der Waals surface area contributed by atoms with Gasteiger partial charge in [-0.15, -0.1) is 11.3 Å². The molecule has 0 saturated carbocycles. The van der Waals surface area contributed by atoms with Crippen LogP contribution in [0.25, 0.3) is 0 Å². The van der Waals surface area contributed by atoms with Gasteiger partial charge in [-0.05, 0) is 30.5 Å². The number of likely N-dealkylation sites (tertiary alicyclic amines) is 1. The maximum Gasteiger partial charge on any atom is 0.248 e. The molecule has 2 aromatic rings. The van der Waals surface area contributed by atoms with Gasteiger partial charge < -0.3 is 10.2 Å². The van der Waals surface area contributed by atoms with Crippen LogP contribution >= 0.6 is 27.3 Å². The van der Waals surface area contributed by atoms with Gasteiger partial charge in [0.2, 0.25) is 11.8 Å². The number of thiazole rings is 1. The van der Waals surface area contributed by atoms with E-state index in [1.54, 1.807) is 11.1 Å². The summed E-state index contributed by atoms with van der Waals surface area (Å²) in [5, 5.41) is 3.44. The summed E-state index contributed by atoms with van der Waals surface area (Å²) in [6.45, 7) is 2.16. The molecular weight excluding hydrogens is 390 g/mol. The maximum atomic E-state index is 12.4. The fourth-order valence-electron chi connectivity index (χ4n) is 2.86. The van der Waals surface area contributed by atoms with Gasteiger partial charge in [-0.1, -0.05) is 28.1 Å². The van der Waals surface area contributed by atoms with E-state index in [0.717, 1.165) is 22.2 Å². The zero-order valence-electron chi connectivity index (χ0n) is 13.3. The molecule has 1 aliphatic rings. The Morgan fingerprint density at radius 2 is 2.12 bits per heavy atom. The Morgan fingerprint density at radius 1 is 1.38 bits per heavy atom. The zero-order chi connectivity index (χ0) is 17.1. The standard InChI is InChI=1S/C17H18BrN3O2S/c1-11(22)21-8-2-3-15(21)16(23)20-17-19-10-14(24-17)9-12-4-6-13(18)7-5-12/h4-7,10,15H,2-3,8-9H2,1H3,(H,19,20,23)/t15-/m1/s1. The molecule has 1 aromatic carbocycles. The second-order valence-electron chi connectivity index (χ2n) is 5.79. The van der Waals surface area contributed by atoms with Gasteiger partial charge in [0.05, 0.1) is 0 Å². The summed E-state index contributed by atoms with van der Waals surface area (Å²) < 4.78 is 1.05. The minimum Gasteiger partial charge on any atom is -0.331 e. The smallest absolute Gasteiger partial charge is 0.248 e. The molecule has 0 aliphatic carbocycles. The van der Waals surface area contributed by atoms with Crippen molar-refractivity contribution in [3.8, 4) is 0 Å². The van der Waals surface area contributed by atoms with E-state index in [1.165, 1.54) is 23.8 Å². The van der Waals surface area contributed by atoms with Gasteiger partial charge in [-0.2, -0.15) is 0 Å². The van der Waals surface area contributed by atoms with Crippen LogP contribution in [0.5, 0.6) is 0 Å². The van der Waals surface area contributed by atoms with Crippen LogP contribution in [-0.4, -0.2) is 34.3 Å². The van der Waals surface area contributed by atoms with Gasteiger partial charge >= 0.3 is 0 Å². The predicted octanol–water partition coefficient (Wildman–Crippen LogP) is 3.45. The van der Waals surface area contributed by atoms with E-state index in [1.807, 2.05) is 12.1 Å². The Bertz CT molecular complexity index is 745. The number of hydrogen-bond donors (Lipinski definition) is 1. The largest absolute Gasteiger partial charge is 0.331 e. The monoisotopic (exact) mass is 407 g/mol. The average Bonchev–Trinajstić information content (AvgIpc) is 3.19. The Morgan fingerprint density at radius 3 is 2.83 bits per heavy atom. The van der Waals surface area contributed by atoms with Crippen molar-refractivity contribution in [2.24, 2.45) is 0 Å². The fraction of sp³-hybridized carbons (Fsp3) is 0.353. The van der Waals surface area contributed by atoms with E-state index in [4.69, 9.17) is 0 Å². The quantitative estimate of drug-likeness (QED) is 0.843. The van der Waals surface area contributed by atoms with Crippen molar-refractivity contribution in [1.29, 1.82) is 0 Å². The molecule has 126 valence electrons. The molecule has 3 rings (SSSR count). The third-order valence-electron chi connectivity index (χ3n) is 4.04. The first kappa shape index (κ1) is 17.1. The highest BCUT2D eigenvalue weighted by Crippen LogP contribution is 2.24. The number of rotatable bonds is 4. The van der Waals surface area contributed by atoms with Gasteiger partial charge in [-0.25, -0.2) is 4.98 Å². The van der Waals surface area contributed by atoms with Gasteiger partial charge in [-0.3, -0.25) is 9.59 Å². The van der Waals surface area contributed by atoms with Crippen LogP contribution in [0.3, 0.4) is 0 Å². The molecule has 1 saturated heterocycles. The van der Waals surface area contributed by atoms with Gasteiger partial charge in [0, 0.05) is 35.4 Å². The molecule has 0 unspecified atom stereocenters. The molecule has 0 radical (unpaired) electrons. The molecule has 1 aliphatic heterocycles. The highest BCUT2D eigenvalue weighted by molar-refractivity contribution is 9.10. The lowest BCUT2D eigenvalue weighted by Crippen LogP contribution is -2.42. The lowest BCUT2D eigenvalue weighted by molar-refractivity contribution is -0.134.